The Balaban J connectivity index is 1.33. The van der Waals surface area contributed by atoms with Gasteiger partial charge in [-0.3, -0.25) is 9.69 Å². The van der Waals surface area contributed by atoms with Gasteiger partial charge in [-0.05, 0) is 62.2 Å². The lowest BCUT2D eigenvalue weighted by molar-refractivity contribution is 0.102. The topological polar surface area (TPSA) is 53.4 Å². The van der Waals surface area contributed by atoms with Crippen molar-refractivity contribution in [1.82, 2.24) is 19.4 Å². The Morgan fingerprint density at radius 2 is 1.73 bits per heavy atom. The third kappa shape index (κ3) is 6.09. The molecule has 1 aliphatic rings. The Morgan fingerprint density at radius 3 is 2.39 bits per heavy atom. The minimum Gasteiger partial charge on any atom is -0.322 e. The predicted octanol–water partition coefficient (Wildman–Crippen LogP) is 4.66. The zero-order valence-electron chi connectivity index (χ0n) is 20.1. The fourth-order valence-corrected chi connectivity index (χ4v) is 4.29. The number of nitrogens with one attached hydrogen (secondary N) is 1. The van der Waals surface area contributed by atoms with Gasteiger partial charge in [-0.25, -0.2) is 4.98 Å². The number of benzene rings is 2. The fourth-order valence-electron chi connectivity index (χ4n) is 4.29. The number of hydrogen-bond donors (Lipinski definition) is 1. The Hall–Kier alpha value is -2.96. The monoisotopic (exact) mass is 445 g/mol. The number of hydrogen-bond acceptors (Lipinski definition) is 4. The van der Waals surface area contributed by atoms with Crippen LogP contribution >= 0.6 is 0 Å². The van der Waals surface area contributed by atoms with E-state index in [1.807, 2.05) is 48.0 Å². The van der Waals surface area contributed by atoms with Crippen molar-refractivity contribution in [2.45, 2.75) is 40.2 Å². The average molecular weight is 446 g/mol. The van der Waals surface area contributed by atoms with Gasteiger partial charge >= 0.3 is 0 Å². The molecule has 0 spiro atoms. The number of imidazole rings is 1. The number of aromatic nitrogens is 2. The van der Waals surface area contributed by atoms with Crippen LogP contribution in [-0.4, -0.2) is 58.0 Å². The number of carbonyl (C=O) groups is 1. The second-order valence-electron chi connectivity index (χ2n) is 9.05. The highest BCUT2D eigenvalue weighted by Crippen LogP contribution is 2.21. The molecule has 0 aliphatic carbocycles. The van der Waals surface area contributed by atoms with E-state index in [1.165, 1.54) is 24.9 Å². The van der Waals surface area contributed by atoms with Gasteiger partial charge in [-0.2, -0.15) is 0 Å². The molecule has 0 saturated carbocycles. The first-order valence-corrected chi connectivity index (χ1v) is 12.0. The van der Waals surface area contributed by atoms with E-state index < -0.39 is 0 Å². The number of carbonyl (C=O) groups excluding carboxylic acids is 1. The van der Waals surface area contributed by atoms with Crippen molar-refractivity contribution < 1.29 is 4.79 Å². The number of rotatable bonds is 8. The van der Waals surface area contributed by atoms with Crippen LogP contribution in [0.4, 0.5) is 5.69 Å². The molecule has 1 aromatic heterocycles. The number of anilines is 1. The van der Waals surface area contributed by atoms with Crippen LogP contribution in [0.2, 0.25) is 0 Å². The van der Waals surface area contributed by atoms with Crippen molar-refractivity contribution in [2.75, 3.05) is 38.0 Å². The van der Waals surface area contributed by atoms with Crippen LogP contribution in [0, 0.1) is 13.8 Å². The second kappa shape index (κ2) is 10.8. The summed E-state index contributed by atoms with van der Waals surface area (Å²) in [4.78, 5) is 22.2. The van der Waals surface area contributed by atoms with Crippen LogP contribution in [0.3, 0.4) is 0 Å². The highest BCUT2D eigenvalue weighted by atomic mass is 16.1. The van der Waals surface area contributed by atoms with Gasteiger partial charge in [-0.15, -0.1) is 0 Å². The van der Waals surface area contributed by atoms with Crippen LogP contribution in [-0.2, 0) is 6.54 Å². The maximum absolute atomic E-state index is 12.8. The van der Waals surface area contributed by atoms with Crippen LogP contribution in [0.5, 0.6) is 0 Å². The van der Waals surface area contributed by atoms with Crippen LogP contribution in [0.15, 0.2) is 55.0 Å². The summed E-state index contributed by atoms with van der Waals surface area (Å²) in [6.45, 7) is 13.0. The summed E-state index contributed by atoms with van der Waals surface area (Å²) in [5.41, 5.74) is 5.80. The zero-order chi connectivity index (χ0) is 23.2. The van der Waals surface area contributed by atoms with E-state index >= 15 is 0 Å². The lowest BCUT2D eigenvalue weighted by atomic mass is 10.1. The first-order valence-electron chi connectivity index (χ1n) is 12.0. The minimum atomic E-state index is -0.0947. The molecule has 174 valence electrons. The molecular formula is C27H35N5O. The standard InChI is InChI=1S/C27H35N5O/c1-4-5-12-30-13-15-31(16-14-30)19-23-7-9-24(10-8-23)27(33)29-25-11-6-21(2)26(17-25)32-18-22(3)28-20-32/h6-11,17-18,20H,4-5,12-16,19H2,1-3H3,(H,29,33). The predicted molar refractivity (Wildman–Crippen MR) is 134 cm³/mol. The first kappa shape index (κ1) is 23.2. The summed E-state index contributed by atoms with van der Waals surface area (Å²) >= 11 is 0. The third-order valence-electron chi connectivity index (χ3n) is 6.37. The van der Waals surface area contributed by atoms with Gasteiger partial charge in [0, 0.05) is 50.2 Å². The minimum absolute atomic E-state index is 0.0947. The molecule has 0 radical (unpaired) electrons. The van der Waals surface area contributed by atoms with Crippen LogP contribution in [0.1, 0.15) is 46.9 Å². The molecule has 0 atom stereocenters. The molecule has 1 aliphatic heterocycles. The summed E-state index contributed by atoms with van der Waals surface area (Å²) in [6, 6.07) is 14.0. The van der Waals surface area contributed by atoms with E-state index in [1.54, 1.807) is 6.33 Å². The van der Waals surface area contributed by atoms with Gasteiger partial charge < -0.3 is 14.8 Å². The average Bonchev–Trinajstić information content (AvgIpc) is 3.26. The Morgan fingerprint density at radius 1 is 1.00 bits per heavy atom. The number of amides is 1. The smallest absolute Gasteiger partial charge is 0.255 e. The highest BCUT2D eigenvalue weighted by Gasteiger charge is 2.16. The van der Waals surface area contributed by atoms with Crippen molar-refractivity contribution in [2.24, 2.45) is 0 Å². The Labute approximate surface area is 197 Å². The molecule has 3 aromatic rings. The molecule has 6 heteroatoms. The highest BCUT2D eigenvalue weighted by molar-refractivity contribution is 6.04. The van der Waals surface area contributed by atoms with Gasteiger partial charge in [0.05, 0.1) is 17.7 Å². The molecular weight excluding hydrogens is 410 g/mol. The van der Waals surface area contributed by atoms with Crippen molar-refractivity contribution >= 4 is 11.6 Å². The first-order chi connectivity index (χ1) is 16.0. The summed E-state index contributed by atoms with van der Waals surface area (Å²) < 4.78 is 1.98. The Bertz CT molecular complexity index is 1060. The molecule has 0 unspecified atom stereocenters. The van der Waals surface area contributed by atoms with Gasteiger partial charge in [0.15, 0.2) is 0 Å². The normalized spacial score (nSPS) is 15.0. The van der Waals surface area contributed by atoms with Gasteiger partial charge in [0.25, 0.3) is 5.91 Å². The van der Waals surface area contributed by atoms with Crippen molar-refractivity contribution in [3.63, 3.8) is 0 Å². The van der Waals surface area contributed by atoms with E-state index in [2.05, 4.69) is 46.1 Å². The number of piperazine rings is 1. The number of unbranched alkanes of at least 4 members (excludes halogenated alkanes) is 1. The van der Waals surface area contributed by atoms with Crippen LogP contribution in [0.25, 0.3) is 5.69 Å². The number of aryl methyl sites for hydroxylation is 2. The SMILES string of the molecule is CCCCN1CCN(Cc2ccc(C(=O)Nc3ccc(C)c(-n4cnc(C)c4)c3)cc2)CC1. The fraction of sp³-hybridized carbons (Fsp3) is 0.407. The van der Waals surface area contributed by atoms with E-state index in [9.17, 15) is 4.79 Å². The molecule has 33 heavy (non-hydrogen) atoms. The number of nitrogens with zero attached hydrogens (tertiary/aromatic N) is 4. The molecule has 1 amide bonds. The molecule has 1 saturated heterocycles. The lowest BCUT2D eigenvalue weighted by Gasteiger charge is -2.34. The van der Waals surface area contributed by atoms with Crippen molar-refractivity contribution in [3.05, 3.63) is 77.4 Å². The van der Waals surface area contributed by atoms with Gasteiger partial charge in [0.1, 0.15) is 0 Å². The van der Waals surface area contributed by atoms with E-state index in [0.717, 1.165) is 55.4 Å². The van der Waals surface area contributed by atoms with Crippen LogP contribution < -0.4 is 5.32 Å². The zero-order valence-corrected chi connectivity index (χ0v) is 20.1. The van der Waals surface area contributed by atoms with Crippen molar-refractivity contribution in [1.29, 1.82) is 0 Å². The quantitative estimate of drug-likeness (QED) is 0.548. The maximum atomic E-state index is 12.8. The maximum Gasteiger partial charge on any atom is 0.255 e. The third-order valence-corrected chi connectivity index (χ3v) is 6.37. The van der Waals surface area contributed by atoms with E-state index in [4.69, 9.17) is 0 Å². The van der Waals surface area contributed by atoms with Gasteiger partial charge in [0.2, 0.25) is 0 Å². The Kier molecular flexibility index (Phi) is 7.57. The molecule has 1 fully saturated rings. The lowest BCUT2D eigenvalue weighted by Crippen LogP contribution is -2.46. The van der Waals surface area contributed by atoms with Crippen molar-refractivity contribution in [3.8, 4) is 5.69 Å². The summed E-state index contributed by atoms with van der Waals surface area (Å²) in [6.07, 6.45) is 6.33. The summed E-state index contributed by atoms with van der Waals surface area (Å²) in [7, 11) is 0. The molecule has 6 nitrogen and oxygen atoms in total. The molecule has 0 bridgehead atoms. The molecule has 4 rings (SSSR count). The second-order valence-corrected chi connectivity index (χ2v) is 9.05. The largest absolute Gasteiger partial charge is 0.322 e. The summed E-state index contributed by atoms with van der Waals surface area (Å²) in [5, 5.41) is 3.04. The molecule has 2 aromatic carbocycles. The molecule has 2 heterocycles. The molecule has 1 N–H and O–H groups in total. The van der Waals surface area contributed by atoms with Gasteiger partial charge in [-0.1, -0.05) is 31.5 Å². The summed E-state index contributed by atoms with van der Waals surface area (Å²) in [5.74, 6) is -0.0947. The van der Waals surface area contributed by atoms with E-state index in [0.29, 0.717) is 5.56 Å². The van der Waals surface area contributed by atoms with E-state index in [-0.39, 0.29) is 5.91 Å².